The molecule has 1 amide bonds. The summed E-state index contributed by atoms with van der Waals surface area (Å²) in [5.74, 6) is -0.569. The van der Waals surface area contributed by atoms with Gasteiger partial charge in [-0.05, 0) is 49.2 Å². The quantitative estimate of drug-likeness (QED) is 0.790. The Labute approximate surface area is 161 Å². The van der Waals surface area contributed by atoms with Gasteiger partial charge in [0.1, 0.15) is 10.6 Å². The number of benzene rings is 1. The Morgan fingerprint density at radius 3 is 2.43 bits per heavy atom. The zero-order valence-electron chi connectivity index (χ0n) is 14.8. The Kier molecular flexibility index (Phi) is 6.20. The number of aromatic nitrogens is 1. The standard InChI is InChI=1S/C18H19F2N3O4S/c19-18(20)27-15-5-3-14(4-6-15)22-17(24)13-7-10-23(11-8-13)28(25,26)16-2-1-9-21-12-16/h1-6,9,12-13,18H,7-8,10-11H2,(H,22,24). The first-order valence-electron chi connectivity index (χ1n) is 8.62. The smallest absolute Gasteiger partial charge is 0.387 e. The second-order valence-electron chi connectivity index (χ2n) is 6.26. The highest BCUT2D eigenvalue weighted by Crippen LogP contribution is 2.25. The van der Waals surface area contributed by atoms with Crippen LogP contribution in [0.5, 0.6) is 5.75 Å². The van der Waals surface area contributed by atoms with Gasteiger partial charge in [0.25, 0.3) is 0 Å². The van der Waals surface area contributed by atoms with Gasteiger partial charge in [-0.3, -0.25) is 9.78 Å². The lowest BCUT2D eigenvalue weighted by Crippen LogP contribution is -2.41. The number of ether oxygens (including phenoxy) is 1. The molecule has 0 atom stereocenters. The number of amides is 1. The van der Waals surface area contributed by atoms with Crippen molar-refractivity contribution in [3.8, 4) is 5.75 Å². The predicted molar refractivity (Wildman–Crippen MR) is 97.4 cm³/mol. The van der Waals surface area contributed by atoms with Gasteiger partial charge >= 0.3 is 6.61 Å². The lowest BCUT2D eigenvalue weighted by atomic mass is 9.97. The van der Waals surface area contributed by atoms with Gasteiger partial charge < -0.3 is 10.1 Å². The fraction of sp³-hybridized carbons (Fsp3) is 0.333. The molecule has 0 radical (unpaired) electrons. The molecular formula is C18H19F2N3O4S. The number of hydrogen-bond acceptors (Lipinski definition) is 5. The van der Waals surface area contributed by atoms with E-state index in [1.54, 1.807) is 6.07 Å². The predicted octanol–water partition coefficient (Wildman–Crippen LogP) is 2.72. The van der Waals surface area contributed by atoms with Crippen molar-refractivity contribution in [2.45, 2.75) is 24.3 Å². The number of rotatable bonds is 6. The Bertz CT molecular complexity index is 900. The van der Waals surface area contributed by atoms with E-state index >= 15 is 0 Å². The maximum absolute atomic E-state index is 12.6. The molecule has 1 fully saturated rings. The third-order valence-electron chi connectivity index (χ3n) is 4.44. The van der Waals surface area contributed by atoms with Gasteiger partial charge in [0.05, 0.1) is 0 Å². The van der Waals surface area contributed by atoms with Crippen molar-refractivity contribution in [3.63, 3.8) is 0 Å². The Morgan fingerprint density at radius 1 is 1.18 bits per heavy atom. The summed E-state index contributed by atoms with van der Waals surface area (Å²) in [6.45, 7) is -2.44. The normalized spacial score (nSPS) is 16.1. The Hall–Kier alpha value is -2.59. The van der Waals surface area contributed by atoms with Crippen LogP contribution in [0.4, 0.5) is 14.5 Å². The van der Waals surface area contributed by atoms with Gasteiger partial charge in [0, 0.05) is 37.1 Å². The maximum Gasteiger partial charge on any atom is 0.387 e. The molecule has 0 spiro atoms. The van der Waals surface area contributed by atoms with Gasteiger partial charge in [-0.2, -0.15) is 13.1 Å². The molecule has 150 valence electrons. The highest BCUT2D eigenvalue weighted by atomic mass is 32.2. The SMILES string of the molecule is O=C(Nc1ccc(OC(F)F)cc1)C1CCN(S(=O)(=O)c2cccnc2)CC1. The van der Waals surface area contributed by atoms with E-state index in [4.69, 9.17) is 0 Å². The van der Waals surface area contributed by atoms with Crippen LogP contribution in [0.3, 0.4) is 0 Å². The third kappa shape index (κ3) is 4.82. The number of carbonyl (C=O) groups is 1. The minimum absolute atomic E-state index is 0.00177. The minimum Gasteiger partial charge on any atom is -0.435 e. The van der Waals surface area contributed by atoms with Crippen molar-refractivity contribution in [3.05, 3.63) is 48.8 Å². The van der Waals surface area contributed by atoms with E-state index < -0.39 is 16.6 Å². The number of halogens is 2. The van der Waals surface area contributed by atoms with Crippen LogP contribution < -0.4 is 10.1 Å². The molecule has 7 nitrogen and oxygen atoms in total. The van der Waals surface area contributed by atoms with Crippen molar-refractivity contribution in [1.82, 2.24) is 9.29 Å². The van der Waals surface area contributed by atoms with E-state index in [0.717, 1.165) is 0 Å². The topological polar surface area (TPSA) is 88.6 Å². The number of sulfonamides is 1. The van der Waals surface area contributed by atoms with Gasteiger partial charge in [0.15, 0.2) is 0 Å². The monoisotopic (exact) mass is 411 g/mol. The van der Waals surface area contributed by atoms with Crippen LogP contribution in [0, 0.1) is 5.92 Å². The molecule has 0 bridgehead atoms. The molecule has 1 aliphatic rings. The number of hydrogen-bond donors (Lipinski definition) is 1. The number of alkyl halides is 2. The van der Waals surface area contributed by atoms with Crippen LogP contribution in [-0.2, 0) is 14.8 Å². The van der Waals surface area contributed by atoms with Crippen LogP contribution in [0.25, 0.3) is 0 Å². The molecule has 1 aliphatic heterocycles. The highest BCUT2D eigenvalue weighted by molar-refractivity contribution is 7.89. The van der Waals surface area contributed by atoms with Crippen LogP contribution in [0.1, 0.15) is 12.8 Å². The molecule has 1 saturated heterocycles. The van der Waals surface area contributed by atoms with E-state index in [-0.39, 0.29) is 35.6 Å². The second-order valence-corrected chi connectivity index (χ2v) is 8.20. The molecule has 1 N–H and O–H groups in total. The zero-order chi connectivity index (χ0) is 20.1. The third-order valence-corrected chi connectivity index (χ3v) is 6.33. The molecule has 2 aromatic rings. The summed E-state index contributed by atoms with van der Waals surface area (Å²) in [6.07, 6.45) is 3.58. The molecule has 3 rings (SSSR count). The van der Waals surface area contributed by atoms with Crippen LogP contribution >= 0.6 is 0 Å². The Morgan fingerprint density at radius 2 is 1.86 bits per heavy atom. The number of nitrogens with zero attached hydrogens (tertiary/aromatic N) is 2. The summed E-state index contributed by atoms with van der Waals surface area (Å²) in [6, 6.07) is 8.66. The number of pyridine rings is 1. The van der Waals surface area contributed by atoms with E-state index in [1.807, 2.05) is 0 Å². The molecule has 0 aliphatic carbocycles. The maximum atomic E-state index is 12.6. The van der Waals surface area contributed by atoms with Crippen LogP contribution in [0.15, 0.2) is 53.7 Å². The van der Waals surface area contributed by atoms with Gasteiger partial charge in [-0.15, -0.1) is 0 Å². The lowest BCUT2D eigenvalue weighted by molar-refractivity contribution is -0.120. The van der Waals surface area contributed by atoms with Crippen molar-refractivity contribution >= 4 is 21.6 Å². The fourth-order valence-electron chi connectivity index (χ4n) is 2.97. The van der Waals surface area contributed by atoms with Crippen molar-refractivity contribution < 1.29 is 26.7 Å². The zero-order valence-corrected chi connectivity index (χ0v) is 15.6. The van der Waals surface area contributed by atoms with Gasteiger partial charge in [-0.25, -0.2) is 8.42 Å². The largest absolute Gasteiger partial charge is 0.435 e. The molecule has 2 heterocycles. The fourth-order valence-corrected chi connectivity index (χ4v) is 4.41. The van der Waals surface area contributed by atoms with E-state index in [2.05, 4.69) is 15.0 Å². The van der Waals surface area contributed by atoms with Gasteiger partial charge in [-0.1, -0.05) is 0 Å². The molecule has 1 aromatic heterocycles. The Balaban J connectivity index is 1.55. The average molecular weight is 411 g/mol. The summed E-state index contributed by atoms with van der Waals surface area (Å²) in [4.78, 5) is 16.4. The van der Waals surface area contributed by atoms with E-state index in [0.29, 0.717) is 18.5 Å². The van der Waals surface area contributed by atoms with E-state index in [9.17, 15) is 22.0 Å². The first kappa shape index (κ1) is 20.2. The first-order valence-corrected chi connectivity index (χ1v) is 10.1. The van der Waals surface area contributed by atoms with Crippen molar-refractivity contribution in [2.24, 2.45) is 5.92 Å². The van der Waals surface area contributed by atoms with Crippen LogP contribution in [0.2, 0.25) is 0 Å². The number of nitrogens with one attached hydrogen (secondary N) is 1. The summed E-state index contributed by atoms with van der Waals surface area (Å²) >= 11 is 0. The number of carbonyl (C=O) groups excluding carboxylic acids is 1. The molecular weight excluding hydrogens is 392 g/mol. The summed E-state index contributed by atoms with van der Waals surface area (Å²) < 4.78 is 55.1. The molecule has 0 unspecified atom stereocenters. The molecule has 10 heteroatoms. The average Bonchev–Trinajstić information content (AvgIpc) is 2.70. The molecule has 1 aromatic carbocycles. The van der Waals surface area contributed by atoms with Gasteiger partial charge in [0.2, 0.25) is 15.9 Å². The minimum atomic E-state index is -3.62. The number of piperidine rings is 1. The summed E-state index contributed by atoms with van der Waals surface area (Å²) in [5.41, 5.74) is 0.456. The summed E-state index contributed by atoms with van der Waals surface area (Å²) in [5, 5.41) is 2.72. The number of anilines is 1. The first-order chi connectivity index (χ1) is 13.4. The highest BCUT2D eigenvalue weighted by Gasteiger charge is 2.32. The molecule has 0 saturated carbocycles. The summed E-state index contributed by atoms with van der Waals surface area (Å²) in [7, 11) is -3.62. The second kappa shape index (κ2) is 8.61. The lowest BCUT2D eigenvalue weighted by Gasteiger charge is -2.30. The van der Waals surface area contributed by atoms with Crippen LogP contribution in [-0.4, -0.2) is 43.3 Å². The van der Waals surface area contributed by atoms with E-state index in [1.165, 1.54) is 47.0 Å². The van der Waals surface area contributed by atoms with Crippen molar-refractivity contribution in [1.29, 1.82) is 0 Å². The molecule has 28 heavy (non-hydrogen) atoms. The van der Waals surface area contributed by atoms with Crippen molar-refractivity contribution in [2.75, 3.05) is 18.4 Å².